The summed E-state index contributed by atoms with van der Waals surface area (Å²) in [7, 11) is 4.05. The Morgan fingerprint density at radius 3 is 2.73 bits per heavy atom. The van der Waals surface area contributed by atoms with Crippen LogP contribution in [0.3, 0.4) is 0 Å². The number of nitrogens with one attached hydrogen (secondary N) is 1. The molecule has 0 aliphatic heterocycles. The van der Waals surface area contributed by atoms with Gasteiger partial charge in [0.1, 0.15) is 0 Å². The number of hydrogen-bond acceptors (Lipinski definition) is 3. The zero-order valence-electron chi connectivity index (χ0n) is 9.70. The molecule has 0 fully saturated rings. The third-order valence-electron chi connectivity index (χ3n) is 2.25. The summed E-state index contributed by atoms with van der Waals surface area (Å²) in [6.07, 6.45) is 0.529. The third-order valence-corrected chi connectivity index (χ3v) is 2.25. The fourth-order valence-corrected chi connectivity index (χ4v) is 1.32. The molecule has 3 heteroatoms. The number of nitrogens with zero attached hydrogens (tertiary/aromatic N) is 1. The molecule has 1 rings (SSSR count). The minimum Gasteiger partial charge on any atom is -0.393 e. The summed E-state index contributed by atoms with van der Waals surface area (Å²) >= 11 is 0. The van der Waals surface area contributed by atoms with Gasteiger partial charge in [0.2, 0.25) is 0 Å². The molecule has 3 nitrogen and oxygen atoms in total. The highest BCUT2D eigenvalue weighted by Gasteiger charge is 1.98. The molecule has 15 heavy (non-hydrogen) atoms. The Balaban J connectivity index is 2.50. The van der Waals surface area contributed by atoms with Crippen LogP contribution in [0.5, 0.6) is 0 Å². The van der Waals surface area contributed by atoms with E-state index in [9.17, 15) is 0 Å². The van der Waals surface area contributed by atoms with Crippen LogP contribution in [0.2, 0.25) is 0 Å². The van der Waals surface area contributed by atoms with Crippen LogP contribution in [0.25, 0.3) is 0 Å². The minimum absolute atomic E-state index is 0.241. The maximum atomic E-state index is 9.12. The van der Waals surface area contributed by atoms with Crippen LogP contribution < -0.4 is 10.2 Å². The number of hydrogen-bond donors (Lipinski definition) is 2. The molecule has 0 heterocycles. The van der Waals surface area contributed by atoms with Crippen LogP contribution in [-0.2, 0) is 0 Å². The van der Waals surface area contributed by atoms with Gasteiger partial charge in [-0.25, -0.2) is 0 Å². The molecule has 0 radical (unpaired) electrons. The van der Waals surface area contributed by atoms with Crippen molar-refractivity contribution >= 4 is 11.4 Å². The van der Waals surface area contributed by atoms with Crippen molar-refractivity contribution in [3.05, 3.63) is 24.3 Å². The molecular weight excluding hydrogens is 188 g/mol. The zero-order chi connectivity index (χ0) is 11.3. The van der Waals surface area contributed by atoms with Gasteiger partial charge in [-0.3, -0.25) is 0 Å². The van der Waals surface area contributed by atoms with Crippen molar-refractivity contribution in [1.82, 2.24) is 0 Å². The summed E-state index contributed by atoms with van der Waals surface area (Å²) in [5, 5.41) is 12.4. The fraction of sp³-hybridized carbons (Fsp3) is 0.500. The van der Waals surface area contributed by atoms with E-state index in [0.29, 0.717) is 0 Å². The lowest BCUT2D eigenvalue weighted by molar-refractivity contribution is 0.189. The molecule has 0 aliphatic carbocycles. The Kier molecular flexibility index (Phi) is 4.43. The monoisotopic (exact) mass is 208 g/mol. The second-order valence-corrected chi connectivity index (χ2v) is 4.01. The highest BCUT2D eigenvalue weighted by atomic mass is 16.3. The topological polar surface area (TPSA) is 35.5 Å². The second kappa shape index (κ2) is 5.61. The molecule has 0 aromatic heterocycles. The van der Waals surface area contributed by atoms with Crippen LogP contribution >= 0.6 is 0 Å². The Bertz CT molecular complexity index is 297. The molecule has 1 atom stereocenters. The lowest BCUT2D eigenvalue weighted by atomic mass is 10.2. The molecule has 1 aromatic rings. The summed E-state index contributed by atoms with van der Waals surface area (Å²) in [6.45, 7) is 2.60. The Morgan fingerprint density at radius 1 is 1.40 bits per heavy atom. The van der Waals surface area contributed by atoms with Gasteiger partial charge in [-0.15, -0.1) is 0 Å². The van der Waals surface area contributed by atoms with E-state index in [0.717, 1.165) is 18.7 Å². The van der Waals surface area contributed by atoms with Crippen LogP contribution in [-0.4, -0.2) is 31.9 Å². The van der Waals surface area contributed by atoms with E-state index in [1.807, 2.05) is 26.2 Å². The molecule has 0 saturated carbocycles. The van der Waals surface area contributed by atoms with Crippen LogP contribution in [0.4, 0.5) is 11.4 Å². The van der Waals surface area contributed by atoms with Crippen molar-refractivity contribution in [3.63, 3.8) is 0 Å². The molecule has 2 N–H and O–H groups in total. The van der Waals surface area contributed by atoms with Crippen molar-refractivity contribution in [2.24, 2.45) is 0 Å². The summed E-state index contributed by atoms with van der Waals surface area (Å²) in [6, 6.07) is 8.23. The highest BCUT2D eigenvalue weighted by Crippen LogP contribution is 2.17. The van der Waals surface area contributed by atoms with Crippen molar-refractivity contribution in [2.75, 3.05) is 30.9 Å². The van der Waals surface area contributed by atoms with Crippen LogP contribution in [0.15, 0.2) is 24.3 Å². The quantitative estimate of drug-likeness (QED) is 0.776. The standard InChI is InChI=1S/C12H20N2O/c1-10(15)7-8-13-11-5-4-6-12(9-11)14(2)3/h4-6,9-10,13,15H,7-8H2,1-3H3. The maximum Gasteiger partial charge on any atom is 0.0528 e. The first kappa shape index (κ1) is 11.9. The average molecular weight is 208 g/mol. The molecule has 0 saturated heterocycles. The number of benzene rings is 1. The summed E-state index contributed by atoms with van der Waals surface area (Å²) in [5.74, 6) is 0. The van der Waals surface area contributed by atoms with Gasteiger partial charge < -0.3 is 15.3 Å². The first-order valence-electron chi connectivity index (χ1n) is 5.29. The third kappa shape index (κ3) is 4.21. The Labute approximate surface area is 91.7 Å². The highest BCUT2D eigenvalue weighted by molar-refractivity contribution is 5.57. The lowest BCUT2D eigenvalue weighted by Crippen LogP contribution is -2.11. The fourth-order valence-electron chi connectivity index (χ4n) is 1.32. The predicted molar refractivity (Wildman–Crippen MR) is 65.6 cm³/mol. The van der Waals surface area contributed by atoms with Gasteiger partial charge in [0.05, 0.1) is 6.10 Å². The smallest absolute Gasteiger partial charge is 0.0528 e. The summed E-state index contributed by atoms with van der Waals surface area (Å²) < 4.78 is 0. The van der Waals surface area contributed by atoms with Crippen molar-refractivity contribution in [1.29, 1.82) is 0 Å². The Hall–Kier alpha value is -1.22. The molecule has 0 aliphatic rings. The molecule has 84 valence electrons. The minimum atomic E-state index is -0.241. The Morgan fingerprint density at radius 2 is 2.13 bits per heavy atom. The van der Waals surface area contributed by atoms with E-state index >= 15 is 0 Å². The van der Waals surface area contributed by atoms with Gasteiger partial charge >= 0.3 is 0 Å². The van der Waals surface area contributed by atoms with Crippen molar-refractivity contribution in [3.8, 4) is 0 Å². The molecule has 0 amide bonds. The normalized spacial score (nSPS) is 12.3. The average Bonchev–Trinajstić information content (AvgIpc) is 2.17. The van der Waals surface area contributed by atoms with E-state index in [2.05, 4.69) is 22.3 Å². The van der Waals surface area contributed by atoms with Gasteiger partial charge in [0.15, 0.2) is 0 Å². The zero-order valence-corrected chi connectivity index (χ0v) is 9.70. The van der Waals surface area contributed by atoms with E-state index in [4.69, 9.17) is 5.11 Å². The maximum absolute atomic E-state index is 9.12. The summed E-state index contributed by atoms with van der Waals surface area (Å²) in [5.41, 5.74) is 2.28. The first-order valence-corrected chi connectivity index (χ1v) is 5.29. The van der Waals surface area contributed by atoms with E-state index in [-0.39, 0.29) is 6.10 Å². The molecule has 0 bridgehead atoms. The number of rotatable bonds is 5. The van der Waals surface area contributed by atoms with E-state index in [1.54, 1.807) is 6.92 Å². The number of aliphatic hydroxyl groups excluding tert-OH is 1. The summed E-state index contributed by atoms with van der Waals surface area (Å²) in [4.78, 5) is 2.07. The van der Waals surface area contributed by atoms with Crippen molar-refractivity contribution < 1.29 is 5.11 Å². The number of anilines is 2. The number of aliphatic hydroxyl groups is 1. The van der Waals surface area contributed by atoms with Gasteiger partial charge in [0.25, 0.3) is 0 Å². The lowest BCUT2D eigenvalue weighted by Gasteiger charge is -2.14. The molecule has 1 aromatic carbocycles. The van der Waals surface area contributed by atoms with E-state index in [1.165, 1.54) is 5.69 Å². The van der Waals surface area contributed by atoms with Gasteiger partial charge in [-0.1, -0.05) is 6.07 Å². The van der Waals surface area contributed by atoms with Crippen LogP contribution in [0, 0.1) is 0 Å². The molecule has 1 unspecified atom stereocenters. The van der Waals surface area contributed by atoms with Crippen LogP contribution in [0.1, 0.15) is 13.3 Å². The van der Waals surface area contributed by atoms with Gasteiger partial charge in [-0.05, 0) is 31.5 Å². The molecular formula is C12H20N2O. The molecule has 0 spiro atoms. The van der Waals surface area contributed by atoms with Crippen molar-refractivity contribution in [2.45, 2.75) is 19.4 Å². The van der Waals surface area contributed by atoms with E-state index < -0.39 is 0 Å². The second-order valence-electron chi connectivity index (χ2n) is 4.01. The SMILES string of the molecule is CC(O)CCNc1cccc(N(C)C)c1. The van der Waals surface area contributed by atoms with Gasteiger partial charge in [-0.2, -0.15) is 0 Å². The van der Waals surface area contributed by atoms with Gasteiger partial charge in [0, 0.05) is 32.0 Å². The first-order chi connectivity index (χ1) is 7.09. The predicted octanol–water partition coefficient (Wildman–Crippen LogP) is 1.94. The largest absolute Gasteiger partial charge is 0.393 e.